The van der Waals surface area contributed by atoms with E-state index in [-0.39, 0.29) is 26.4 Å². The average molecular weight is 371 g/mol. The van der Waals surface area contributed by atoms with Gasteiger partial charge >= 0.3 is 0 Å². The van der Waals surface area contributed by atoms with Gasteiger partial charge in [-0.25, -0.2) is 8.42 Å². The van der Waals surface area contributed by atoms with E-state index >= 15 is 0 Å². The maximum absolute atomic E-state index is 12.5. The van der Waals surface area contributed by atoms with Crippen LogP contribution in [0.25, 0.3) is 0 Å². The molecule has 1 fully saturated rings. The van der Waals surface area contributed by atoms with Gasteiger partial charge in [0.1, 0.15) is 0 Å². The second-order valence-electron chi connectivity index (χ2n) is 4.91. The molecule has 0 atom stereocenters. The molecule has 1 heterocycles. The normalized spacial score (nSPS) is 16.6. The third kappa shape index (κ3) is 4.03. The molecule has 1 saturated heterocycles. The van der Waals surface area contributed by atoms with Crippen LogP contribution in [0.3, 0.4) is 0 Å². The van der Waals surface area contributed by atoms with Crippen molar-refractivity contribution in [3.8, 4) is 0 Å². The molecule has 1 amide bonds. The summed E-state index contributed by atoms with van der Waals surface area (Å²) in [4.78, 5) is 14.0. The molecule has 1 aliphatic heterocycles. The first-order valence-electron chi connectivity index (χ1n) is 6.53. The Morgan fingerprint density at radius 1 is 1.05 bits per heavy atom. The maximum Gasteiger partial charge on any atom is 0.261 e. The van der Waals surface area contributed by atoms with Crippen LogP contribution in [0.5, 0.6) is 0 Å². The summed E-state index contributed by atoms with van der Waals surface area (Å²) < 4.78 is 22.9. The van der Waals surface area contributed by atoms with E-state index in [1.807, 2.05) is 0 Å². The van der Waals surface area contributed by atoms with Crippen molar-refractivity contribution in [2.75, 3.05) is 13.1 Å². The van der Waals surface area contributed by atoms with Crippen LogP contribution in [0.4, 0.5) is 0 Å². The largest absolute Gasteiger partial charge is 0.339 e. The zero-order valence-electron chi connectivity index (χ0n) is 11.1. The van der Waals surface area contributed by atoms with E-state index in [9.17, 15) is 13.2 Å². The number of rotatable bonds is 2. The highest BCUT2D eigenvalue weighted by atomic mass is 35.7. The first-order valence-corrected chi connectivity index (χ1v) is 9.60. The Morgan fingerprint density at radius 3 is 2.14 bits per heavy atom. The number of benzene rings is 1. The summed E-state index contributed by atoms with van der Waals surface area (Å²) in [7, 11) is 1.34. The molecule has 1 aliphatic rings. The van der Waals surface area contributed by atoms with Gasteiger partial charge in [-0.15, -0.1) is 0 Å². The fourth-order valence-electron chi connectivity index (χ4n) is 2.30. The molecule has 0 N–H and O–H groups in total. The van der Waals surface area contributed by atoms with Crippen LogP contribution >= 0.6 is 33.9 Å². The fourth-order valence-corrected chi connectivity index (χ4v) is 3.56. The van der Waals surface area contributed by atoms with Crippen molar-refractivity contribution < 1.29 is 13.2 Å². The van der Waals surface area contributed by atoms with Crippen molar-refractivity contribution in [1.29, 1.82) is 0 Å². The molecule has 0 aliphatic carbocycles. The predicted molar refractivity (Wildman–Crippen MR) is 83.9 cm³/mol. The Labute approximate surface area is 138 Å². The monoisotopic (exact) mass is 369 g/mol. The summed E-state index contributed by atoms with van der Waals surface area (Å²) in [5, 5.41) is 0.0477. The van der Waals surface area contributed by atoms with Crippen molar-refractivity contribution in [3.05, 3.63) is 27.7 Å². The van der Waals surface area contributed by atoms with E-state index in [2.05, 4.69) is 0 Å². The van der Waals surface area contributed by atoms with Crippen LogP contribution in [0.2, 0.25) is 10.0 Å². The lowest BCUT2D eigenvalue weighted by molar-refractivity contribution is 0.0761. The van der Waals surface area contributed by atoms with Gasteiger partial charge in [0.2, 0.25) is 0 Å². The Kier molecular flexibility index (Phi) is 5.41. The first kappa shape index (κ1) is 16.9. The first-order chi connectivity index (χ1) is 9.80. The van der Waals surface area contributed by atoms with Gasteiger partial charge in [-0.2, -0.15) is 0 Å². The van der Waals surface area contributed by atoms with Gasteiger partial charge in [-0.3, -0.25) is 4.79 Å². The van der Waals surface area contributed by atoms with E-state index in [1.54, 1.807) is 4.90 Å². The number of amides is 1. The van der Waals surface area contributed by atoms with Crippen molar-refractivity contribution in [1.82, 2.24) is 4.90 Å². The van der Waals surface area contributed by atoms with Gasteiger partial charge in [0.05, 0.1) is 20.5 Å². The minimum Gasteiger partial charge on any atom is -0.339 e. The molecule has 0 radical (unpaired) electrons. The Balaban J connectivity index is 2.42. The molecule has 0 spiro atoms. The van der Waals surface area contributed by atoms with Gasteiger partial charge in [0, 0.05) is 23.8 Å². The highest BCUT2D eigenvalue weighted by Gasteiger charge is 2.24. The number of carbonyl (C=O) groups is 1. The zero-order valence-corrected chi connectivity index (χ0v) is 14.2. The number of hydrogen-bond acceptors (Lipinski definition) is 3. The number of carbonyl (C=O) groups excluding carboxylic acids is 1. The Morgan fingerprint density at radius 2 is 1.62 bits per heavy atom. The summed E-state index contributed by atoms with van der Waals surface area (Å²) in [5.41, 5.74) is 0.0743. The molecule has 0 aromatic heterocycles. The standard InChI is InChI=1S/C13H14Cl3NO3S/c14-11-8-9(21(16,19)20)7-10(12(11)15)13(18)17-5-3-1-2-4-6-17/h7-8H,1-6H2. The summed E-state index contributed by atoms with van der Waals surface area (Å²) in [6.07, 6.45) is 4.00. The van der Waals surface area contributed by atoms with E-state index in [0.717, 1.165) is 31.7 Å². The average Bonchev–Trinajstić information content (AvgIpc) is 2.68. The van der Waals surface area contributed by atoms with Crippen molar-refractivity contribution in [2.24, 2.45) is 0 Å². The number of nitrogens with zero attached hydrogens (tertiary/aromatic N) is 1. The van der Waals surface area contributed by atoms with Gasteiger partial charge in [0.25, 0.3) is 15.0 Å². The Hall–Kier alpha value is -0.490. The second kappa shape index (κ2) is 6.73. The van der Waals surface area contributed by atoms with E-state index in [4.69, 9.17) is 33.9 Å². The third-order valence-electron chi connectivity index (χ3n) is 3.41. The number of hydrogen-bond donors (Lipinski definition) is 0. The molecule has 2 rings (SSSR count). The fraction of sp³-hybridized carbons (Fsp3) is 0.462. The SMILES string of the molecule is O=C(c1cc(S(=O)(=O)Cl)cc(Cl)c1Cl)N1CCCCCC1. The molecule has 0 bridgehead atoms. The summed E-state index contributed by atoms with van der Waals surface area (Å²) >= 11 is 12.0. The highest BCUT2D eigenvalue weighted by Crippen LogP contribution is 2.32. The summed E-state index contributed by atoms with van der Waals surface area (Å²) in [6, 6.07) is 2.33. The topological polar surface area (TPSA) is 54.5 Å². The van der Waals surface area contributed by atoms with Gasteiger partial charge in [-0.05, 0) is 25.0 Å². The molecular weight excluding hydrogens is 357 g/mol. The second-order valence-corrected chi connectivity index (χ2v) is 8.26. The van der Waals surface area contributed by atoms with E-state index in [0.29, 0.717) is 13.1 Å². The summed E-state index contributed by atoms with van der Waals surface area (Å²) in [6.45, 7) is 1.26. The molecule has 21 heavy (non-hydrogen) atoms. The van der Waals surface area contributed by atoms with Crippen LogP contribution < -0.4 is 0 Å². The lowest BCUT2D eigenvalue weighted by Crippen LogP contribution is -2.32. The summed E-state index contributed by atoms with van der Waals surface area (Å²) in [5.74, 6) is -0.314. The lowest BCUT2D eigenvalue weighted by Gasteiger charge is -2.21. The van der Waals surface area contributed by atoms with Gasteiger partial charge in [0.15, 0.2) is 0 Å². The quantitative estimate of drug-likeness (QED) is 0.741. The number of halogens is 3. The maximum atomic E-state index is 12.5. The predicted octanol–water partition coefficient (Wildman–Crippen LogP) is 3.94. The van der Waals surface area contributed by atoms with Crippen molar-refractivity contribution in [2.45, 2.75) is 30.6 Å². The zero-order chi connectivity index (χ0) is 15.6. The third-order valence-corrected chi connectivity index (χ3v) is 5.54. The lowest BCUT2D eigenvalue weighted by atomic mass is 10.2. The number of likely N-dealkylation sites (tertiary alicyclic amines) is 1. The van der Waals surface area contributed by atoms with Gasteiger partial charge in [-0.1, -0.05) is 36.0 Å². The Bertz CT molecular complexity index is 653. The van der Waals surface area contributed by atoms with Crippen molar-refractivity contribution in [3.63, 3.8) is 0 Å². The molecule has 1 aromatic rings. The van der Waals surface area contributed by atoms with E-state index in [1.165, 1.54) is 6.07 Å². The molecular formula is C13H14Cl3NO3S. The van der Waals surface area contributed by atoms with Crippen LogP contribution in [0.15, 0.2) is 17.0 Å². The molecule has 1 aromatic carbocycles. The van der Waals surface area contributed by atoms with Crippen LogP contribution in [0.1, 0.15) is 36.0 Å². The van der Waals surface area contributed by atoms with Crippen LogP contribution in [0, 0.1) is 0 Å². The van der Waals surface area contributed by atoms with E-state index < -0.39 is 9.05 Å². The highest BCUT2D eigenvalue weighted by molar-refractivity contribution is 8.13. The van der Waals surface area contributed by atoms with Crippen LogP contribution in [-0.4, -0.2) is 32.3 Å². The molecule has 116 valence electrons. The molecule has 4 nitrogen and oxygen atoms in total. The molecule has 0 saturated carbocycles. The molecule has 8 heteroatoms. The minimum absolute atomic E-state index is 0.00318. The van der Waals surface area contributed by atoms with Crippen molar-refractivity contribution >= 4 is 48.8 Å². The van der Waals surface area contributed by atoms with Gasteiger partial charge < -0.3 is 4.90 Å². The minimum atomic E-state index is -3.98. The van der Waals surface area contributed by atoms with Crippen LogP contribution in [-0.2, 0) is 9.05 Å². The molecule has 0 unspecified atom stereocenters. The smallest absolute Gasteiger partial charge is 0.261 e.